The maximum absolute atomic E-state index is 12.7. The van der Waals surface area contributed by atoms with Crippen LogP contribution in [0.3, 0.4) is 0 Å². The first-order chi connectivity index (χ1) is 13.2. The second-order valence-electron chi connectivity index (χ2n) is 5.93. The van der Waals surface area contributed by atoms with Crippen molar-refractivity contribution in [2.45, 2.75) is 17.3 Å². The van der Waals surface area contributed by atoms with Gasteiger partial charge in [0.05, 0.1) is 17.2 Å². The number of anilines is 1. The molecule has 28 heavy (non-hydrogen) atoms. The van der Waals surface area contributed by atoms with E-state index in [-0.39, 0.29) is 5.78 Å². The Morgan fingerprint density at radius 3 is 2.39 bits per heavy atom. The Balaban J connectivity index is 1.73. The molecule has 8 nitrogen and oxygen atoms in total. The number of sulfonamides is 1. The minimum atomic E-state index is -3.37. The molecule has 0 spiro atoms. The maximum atomic E-state index is 12.7. The predicted octanol–water partition coefficient (Wildman–Crippen LogP) is 3.05. The highest BCUT2D eigenvalue weighted by Crippen LogP contribution is 2.26. The van der Waals surface area contributed by atoms with Crippen LogP contribution in [0.1, 0.15) is 17.3 Å². The molecule has 0 fully saturated rings. The summed E-state index contributed by atoms with van der Waals surface area (Å²) in [6, 6.07) is 13.3. The van der Waals surface area contributed by atoms with Gasteiger partial charge in [-0.25, -0.2) is 8.42 Å². The molecule has 0 amide bonds. The van der Waals surface area contributed by atoms with Gasteiger partial charge in [-0.2, -0.15) is 4.68 Å². The molecular formula is C17H16ClN5O3S2. The highest BCUT2D eigenvalue weighted by molar-refractivity contribution is 8.00. The van der Waals surface area contributed by atoms with Gasteiger partial charge >= 0.3 is 0 Å². The van der Waals surface area contributed by atoms with Gasteiger partial charge in [-0.1, -0.05) is 23.4 Å². The molecule has 11 heteroatoms. The van der Waals surface area contributed by atoms with Crippen molar-refractivity contribution in [3.05, 3.63) is 59.1 Å². The first kappa shape index (κ1) is 20.3. The fourth-order valence-corrected chi connectivity index (χ4v) is 3.93. The molecule has 1 atom stereocenters. The van der Waals surface area contributed by atoms with Gasteiger partial charge in [-0.3, -0.25) is 9.52 Å². The van der Waals surface area contributed by atoms with Gasteiger partial charge in [0, 0.05) is 16.3 Å². The molecule has 3 rings (SSSR count). The molecule has 0 saturated carbocycles. The highest BCUT2D eigenvalue weighted by atomic mass is 35.5. The van der Waals surface area contributed by atoms with Gasteiger partial charge in [0.2, 0.25) is 15.2 Å². The smallest absolute Gasteiger partial charge is 0.229 e. The highest BCUT2D eigenvalue weighted by Gasteiger charge is 2.20. The minimum Gasteiger partial charge on any atom is -0.293 e. The van der Waals surface area contributed by atoms with Crippen LogP contribution in [0.25, 0.3) is 5.69 Å². The van der Waals surface area contributed by atoms with Crippen molar-refractivity contribution >= 4 is 44.9 Å². The summed E-state index contributed by atoms with van der Waals surface area (Å²) in [5.74, 6) is -0.124. The summed E-state index contributed by atoms with van der Waals surface area (Å²) >= 11 is 7.13. The molecule has 1 unspecified atom stereocenters. The first-order valence-corrected chi connectivity index (χ1v) is 11.2. The Morgan fingerprint density at radius 1 is 1.14 bits per heavy atom. The van der Waals surface area contributed by atoms with E-state index in [2.05, 4.69) is 20.2 Å². The summed E-state index contributed by atoms with van der Waals surface area (Å²) < 4.78 is 26.4. The van der Waals surface area contributed by atoms with E-state index in [1.54, 1.807) is 55.5 Å². The van der Waals surface area contributed by atoms with Crippen LogP contribution in [0, 0.1) is 0 Å². The number of ketones is 1. The molecular weight excluding hydrogens is 422 g/mol. The fourth-order valence-electron chi connectivity index (χ4n) is 2.36. The number of aromatic nitrogens is 4. The molecule has 1 aromatic heterocycles. The molecule has 2 aromatic carbocycles. The monoisotopic (exact) mass is 437 g/mol. The van der Waals surface area contributed by atoms with Crippen molar-refractivity contribution in [2.24, 2.45) is 0 Å². The Bertz CT molecular complexity index is 1080. The second-order valence-corrected chi connectivity index (χ2v) is 9.42. The molecule has 1 heterocycles. The quantitative estimate of drug-likeness (QED) is 0.447. The van der Waals surface area contributed by atoms with Crippen LogP contribution in [0.2, 0.25) is 5.02 Å². The number of carbonyl (C=O) groups excluding carboxylic acids is 1. The summed E-state index contributed by atoms with van der Waals surface area (Å²) in [7, 11) is -3.37. The lowest BCUT2D eigenvalue weighted by Crippen LogP contribution is -2.15. The maximum Gasteiger partial charge on any atom is 0.229 e. The summed E-state index contributed by atoms with van der Waals surface area (Å²) in [5, 5.41) is 12.3. The molecule has 0 bridgehead atoms. The Labute approximate surface area is 171 Å². The van der Waals surface area contributed by atoms with Crippen molar-refractivity contribution < 1.29 is 13.2 Å². The van der Waals surface area contributed by atoms with Crippen LogP contribution in [-0.4, -0.2) is 45.9 Å². The van der Waals surface area contributed by atoms with Crippen molar-refractivity contribution in [3.8, 4) is 5.69 Å². The molecule has 0 aliphatic heterocycles. The van der Waals surface area contributed by atoms with E-state index < -0.39 is 15.3 Å². The molecule has 0 aliphatic rings. The zero-order valence-electron chi connectivity index (χ0n) is 14.9. The van der Waals surface area contributed by atoms with Gasteiger partial charge in [0.25, 0.3) is 0 Å². The molecule has 1 N–H and O–H groups in total. The van der Waals surface area contributed by atoms with Crippen molar-refractivity contribution in [1.29, 1.82) is 0 Å². The lowest BCUT2D eigenvalue weighted by atomic mass is 10.1. The van der Waals surface area contributed by atoms with Gasteiger partial charge in [0.15, 0.2) is 5.78 Å². The molecule has 0 saturated heterocycles. The SMILES string of the molecule is CC(Sc1nnnn1-c1ccc(Cl)cc1)C(=O)c1ccc(NS(C)(=O)=O)cc1. The van der Waals surface area contributed by atoms with Gasteiger partial charge < -0.3 is 0 Å². The van der Waals surface area contributed by atoms with Crippen LogP contribution in [0.5, 0.6) is 0 Å². The average molecular weight is 438 g/mol. The van der Waals surface area contributed by atoms with Crippen LogP contribution in [0.4, 0.5) is 5.69 Å². The van der Waals surface area contributed by atoms with E-state index in [1.165, 1.54) is 16.4 Å². The Morgan fingerprint density at radius 2 is 1.79 bits per heavy atom. The molecule has 0 radical (unpaired) electrons. The van der Waals surface area contributed by atoms with Crippen LogP contribution in [-0.2, 0) is 10.0 Å². The zero-order valence-corrected chi connectivity index (χ0v) is 17.3. The van der Waals surface area contributed by atoms with Crippen molar-refractivity contribution in [1.82, 2.24) is 20.2 Å². The number of nitrogens with one attached hydrogen (secondary N) is 1. The normalized spacial score (nSPS) is 12.5. The van der Waals surface area contributed by atoms with E-state index in [4.69, 9.17) is 11.6 Å². The summed E-state index contributed by atoms with van der Waals surface area (Å²) in [4.78, 5) is 12.7. The van der Waals surface area contributed by atoms with Crippen molar-refractivity contribution in [3.63, 3.8) is 0 Å². The third-order valence-corrected chi connectivity index (χ3v) is 5.53. The molecule has 0 aliphatic carbocycles. The number of Topliss-reactive ketones (excluding diaryl/α,β-unsaturated/α-hetero) is 1. The molecule has 146 valence electrons. The zero-order chi connectivity index (χ0) is 20.3. The third kappa shape index (κ3) is 5.09. The predicted molar refractivity (Wildman–Crippen MR) is 109 cm³/mol. The third-order valence-electron chi connectivity index (χ3n) is 3.64. The molecule has 3 aromatic rings. The number of halogens is 1. The average Bonchev–Trinajstić information content (AvgIpc) is 3.09. The number of hydrogen-bond acceptors (Lipinski definition) is 7. The summed E-state index contributed by atoms with van der Waals surface area (Å²) in [5.41, 5.74) is 1.59. The number of hydrogen-bond donors (Lipinski definition) is 1. The topological polar surface area (TPSA) is 107 Å². The van der Waals surface area contributed by atoms with Crippen LogP contribution < -0.4 is 4.72 Å². The summed E-state index contributed by atoms with van der Waals surface area (Å²) in [6.07, 6.45) is 1.07. The van der Waals surface area contributed by atoms with E-state index >= 15 is 0 Å². The number of tetrazole rings is 1. The van der Waals surface area contributed by atoms with Gasteiger partial charge in [-0.15, -0.1) is 5.10 Å². The van der Waals surface area contributed by atoms with E-state index in [9.17, 15) is 13.2 Å². The number of rotatable bonds is 7. The van der Waals surface area contributed by atoms with Crippen molar-refractivity contribution in [2.75, 3.05) is 11.0 Å². The first-order valence-electron chi connectivity index (χ1n) is 8.06. The lowest BCUT2D eigenvalue weighted by Gasteiger charge is -2.11. The standard InChI is InChI=1S/C17H16ClN5O3S2/c1-11(16(24)12-3-7-14(8-4-12)20-28(2,25)26)27-17-19-21-22-23(17)15-9-5-13(18)6-10-15/h3-11,20H,1-2H3. The largest absolute Gasteiger partial charge is 0.293 e. The Kier molecular flexibility index (Phi) is 6.01. The summed E-state index contributed by atoms with van der Waals surface area (Å²) in [6.45, 7) is 1.76. The number of carbonyl (C=O) groups is 1. The number of benzene rings is 2. The van der Waals surface area contributed by atoms with Crippen LogP contribution in [0.15, 0.2) is 53.7 Å². The Hall–Kier alpha value is -2.43. The van der Waals surface area contributed by atoms with E-state index in [1.807, 2.05) is 0 Å². The minimum absolute atomic E-state index is 0.124. The van der Waals surface area contributed by atoms with Gasteiger partial charge in [0.1, 0.15) is 0 Å². The fraction of sp³-hybridized carbons (Fsp3) is 0.176. The van der Waals surface area contributed by atoms with E-state index in [0.717, 1.165) is 11.9 Å². The number of nitrogens with zero attached hydrogens (tertiary/aromatic N) is 4. The van der Waals surface area contributed by atoms with E-state index in [0.29, 0.717) is 21.4 Å². The second kappa shape index (κ2) is 8.29. The van der Waals surface area contributed by atoms with Crippen LogP contribution >= 0.6 is 23.4 Å². The van der Waals surface area contributed by atoms with Gasteiger partial charge in [-0.05, 0) is 65.9 Å². The lowest BCUT2D eigenvalue weighted by molar-refractivity contribution is 0.0994. The number of thioether (sulfide) groups is 1.